The van der Waals surface area contributed by atoms with Crippen molar-refractivity contribution in [2.24, 2.45) is 5.73 Å². The van der Waals surface area contributed by atoms with E-state index in [2.05, 4.69) is 64.9 Å². The molecule has 4 rings (SSSR count). The average Bonchev–Trinajstić information content (AvgIpc) is 3.63. The van der Waals surface area contributed by atoms with E-state index in [-0.39, 0.29) is 5.82 Å². The molecule has 33 heavy (non-hydrogen) atoms. The van der Waals surface area contributed by atoms with Gasteiger partial charge in [-0.3, -0.25) is 0 Å². The Morgan fingerprint density at radius 2 is 1.70 bits per heavy atom. The molecule has 0 saturated heterocycles. The van der Waals surface area contributed by atoms with Crippen LogP contribution in [0.5, 0.6) is 0 Å². The van der Waals surface area contributed by atoms with Crippen molar-refractivity contribution in [3.63, 3.8) is 0 Å². The number of halogens is 1. The third-order valence-electron chi connectivity index (χ3n) is 5.94. The van der Waals surface area contributed by atoms with Crippen LogP contribution in [0.4, 0.5) is 16.0 Å². The Labute approximate surface area is 195 Å². The molecule has 1 heterocycles. The molecule has 1 saturated carbocycles. The van der Waals surface area contributed by atoms with Crippen molar-refractivity contribution in [2.45, 2.75) is 58.2 Å². The van der Waals surface area contributed by atoms with Gasteiger partial charge in [0.15, 0.2) is 11.6 Å². The molecule has 0 bridgehead atoms. The fourth-order valence-corrected chi connectivity index (χ4v) is 3.87. The normalized spacial score (nSPS) is 13.2. The number of benzene rings is 2. The van der Waals surface area contributed by atoms with Crippen molar-refractivity contribution in [2.75, 3.05) is 10.2 Å². The lowest BCUT2D eigenvalue weighted by Crippen LogP contribution is -2.27. The van der Waals surface area contributed by atoms with Crippen LogP contribution in [0, 0.1) is 5.82 Å². The van der Waals surface area contributed by atoms with Gasteiger partial charge in [0.05, 0.1) is 0 Å². The van der Waals surface area contributed by atoms with Gasteiger partial charge in [0.1, 0.15) is 6.33 Å². The minimum atomic E-state index is -0.403. The molecule has 3 aromatic rings. The molecule has 0 spiro atoms. The summed E-state index contributed by atoms with van der Waals surface area (Å²) in [5, 5.41) is 3.13. The van der Waals surface area contributed by atoms with Crippen LogP contribution in [0.2, 0.25) is 0 Å². The molecule has 1 aromatic heterocycles. The SMILES string of the molecule is C=C(N)Cc1ccc(CNc2ncnc(N(Cc3ccc(C(C)C)cc3)C3CC3)c2F)cc1. The second-order valence-electron chi connectivity index (χ2n) is 9.12. The van der Waals surface area contributed by atoms with E-state index in [1.165, 1.54) is 11.9 Å². The maximum atomic E-state index is 15.4. The molecule has 0 aliphatic heterocycles. The molecule has 2 aromatic carbocycles. The molecule has 0 radical (unpaired) electrons. The molecule has 1 aliphatic rings. The van der Waals surface area contributed by atoms with Gasteiger partial charge in [-0.15, -0.1) is 0 Å². The summed E-state index contributed by atoms with van der Waals surface area (Å²) >= 11 is 0. The van der Waals surface area contributed by atoms with Crippen molar-refractivity contribution in [1.29, 1.82) is 0 Å². The maximum Gasteiger partial charge on any atom is 0.207 e. The third-order valence-corrected chi connectivity index (χ3v) is 5.94. The fourth-order valence-electron chi connectivity index (χ4n) is 3.87. The number of nitrogens with two attached hydrogens (primary N) is 1. The topological polar surface area (TPSA) is 67.1 Å². The zero-order valence-electron chi connectivity index (χ0n) is 19.4. The van der Waals surface area contributed by atoms with Crippen LogP contribution >= 0.6 is 0 Å². The molecule has 1 aliphatic carbocycles. The van der Waals surface area contributed by atoms with E-state index < -0.39 is 5.82 Å². The summed E-state index contributed by atoms with van der Waals surface area (Å²) in [6, 6.07) is 16.9. The lowest BCUT2D eigenvalue weighted by molar-refractivity contribution is 0.601. The van der Waals surface area contributed by atoms with Gasteiger partial charge in [-0.1, -0.05) is 69.0 Å². The van der Waals surface area contributed by atoms with Crippen LogP contribution in [-0.2, 0) is 19.5 Å². The zero-order valence-corrected chi connectivity index (χ0v) is 19.4. The summed E-state index contributed by atoms with van der Waals surface area (Å²) in [4.78, 5) is 10.5. The number of anilines is 2. The van der Waals surface area contributed by atoms with Crippen molar-refractivity contribution in [3.05, 3.63) is 95.2 Å². The summed E-state index contributed by atoms with van der Waals surface area (Å²) in [7, 11) is 0. The van der Waals surface area contributed by atoms with Crippen LogP contribution in [0.1, 0.15) is 54.9 Å². The maximum absolute atomic E-state index is 15.4. The summed E-state index contributed by atoms with van der Waals surface area (Å²) < 4.78 is 15.4. The van der Waals surface area contributed by atoms with Crippen LogP contribution < -0.4 is 16.0 Å². The number of allylic oxidation sites excluding steroid dienone is 1. The van der Waals surface area contributed by atoms with E-state index in [1.807, 2.05) is 24.3 Å². The van der Waals surface area contributed by atoms with Gasteiger partial charge in [0, 0.05) is 31.2 Å². The highest BCUT2D eigenvalue weighted by Crippen LogP contribution is 2.34. The highest BCUT2D eigenvalue weighted by molar-refractivity contribution is 5.53. The lowest BCUT2D eigenvalue weighted by atomic mass is 10.0. The molecule has 172 valence electrons. The van der Waals surface area contributed by atoms with Gasteiger partial charge in [0.2, 0.25) is 5.82 Å². The molecule has 5 nitrogen and oxygen atoms in total. The Bertz CT molecular complexity index is 1090. The summed E-state index contributed by atoms with van der Waals surface area (Å²) in [6.45, 7) is 9.20. The largest absolute Gasteiger partial charge is 0.402 e. The number of nitrogens with zero attached hydrogens (tertiary/aromatic N) is 3. The molecule has 0 unspecified atom stereocenters. The van der Waals surface area contributed by atoms with Crippen molar-refractivity contribution < 1.29 is 4.39 Å². The molecule has 3 N–H and O–H groups in total. The molecule has 1 fully saturated rings. The summed E-state index contributed by atoms with van der Waals surface area (Å²) in [5.74, 6) is 0.669. The van der Waals surface area contributed by atoms with Crippen molar-refractivity contribution >= 4 is 11.6 Å². The van der Waals surface area contributed by atoms with Gasteiger partial charge in [-0.05, 0) is 41.0 Å². The smallest absolute Gasteiger partial charge is 0.207 e. The molecular weight excluding hydrogens is 413 g/mol. The van der Waals surface area contributed by atoms with Crippen molar-refractivity contribution in [1.82, 2.24) is 9.97 Å². The van der Waals surface area contributed by atoms with Crippen LogP contribution in [0.3, 0.4) is 0 Å². The van der Waals surface area contributed by atoms with E-state index in [0.717, 1.165) is 29.5 Å². The number of hydrogen-bond acceptors (Lipinski definition) is 5. The number of hydrogen-bond donors (Lipinski definition) is 2. The second-order valence-corrected chi connectivity index (χ2v) is 9.12. The highest BCUT2D eigenvalue weighted by Gasteiger charge is 2.32. The molecule has 6 heteroatoms. The Balaban J connectivity index is 1.47. The lowest BCUT2D eigenvalue weighted by Gasteiger charge is -2.25. The monoisotopic (exact) mass is 445 g/mol. The summed E-state index contributed by atoms with van der Waals surface area (Å²) in [6.07, 6.45) is 4.19. The summed E-state index contributed by atoms with van der Waals surface area (Å²) in [5.41, 5.74) is 10.9. The van der Waals surface area contributed by atoms with E-state index in [0.29, 0.717) is 43.0 Å². The minimum absolute atomic E-state index is 0.222. The van der Waals surface area contributed by atoms with E-state index in [4.69, 9.17) is 5.73 Å². The van der Waals surface area contributed by atoms with Gasteiger partial charge < -0.3 is 16.0 Å². The third kappa shape index (κ3) is 5.89. The van der Waals surface area contributed by atoms with Gasteiger partial charge in [-0.25, -0.2) is 9.97 Å². The van der Waals surface area contributed by atoms with E-state index in [9.17, 15) is 0 Å². The zero-order chi connectivity index (χ0) is 23.4. The van der Waals surface area contributed by atoms with Crippen molar-refractivity contribution in [3.8, 4) is 0 Å². The predicted molar refractivity (Wildman–Crippen MR) is 133 cm³/mol. The van der Waals surface area contributed by atoms with E-state index >= 15 is 4.39 Å². The first-order valence-electron chi connectivity index (χ1n) is 11.5. The first-order chi connectivity index (χ1) is 15.9. The first kappa shape index (κ1) is 22.8. The molecule has 0 amide bonds. The Morgan fingerprint density at radius 3 is 2.30 bits per heavy atom. The van der Waals surface area contributed by atoms with Gasteiger partial charge in [-0.2, -0.15) is 4.39 Å². The number of rotatable bonds is 10. The second kappa shape index (κ2) is 10.0. The minimum Gasteiger partial charge on any atom is -0.402 e. The fraction of sp³-hybridized carbons (Fsp3) is 0.333. The van der Waals surface area contributed by atoms with Crippen LogP contribution in [0.25, 0.3) is 0 Å². The van der Waals surface area contributed by atoms with Gasteiger partial charge in [0.25, 0.3) is 0 Å². The Kier molecular flexibility index (Phi) is 6.92. The number of aromatic nitrogens is 2. The molecular formula is C27H32FN5. The van der Waals surface area contributed by atoms with Gasteiger partial charge >= 0.3 is 0 Å². The molecule has 0 atom stereocenters. The predicted octanol–water partition coefficient (Wildman–Crippen LogP) is 5.54. The van der Waals surface area contributed by atoms with Crippen LogP contribution in [0.15, 0.2) is 67.1 Å². The van der Waals surface area contributed by atoms with Crippen LogP contribution in [-0.4, -0.2) is 16.0 Å². The standard InChI is InChI=1S/C27H32FN5/c1-18(2)23-10-8-22(9-11-23)16-33(24-12-13-24)27-25(28)26(31-17-32-27)30-15-21-6-4-20(5-7-21)14-19(3)29/h4-11,17-18,24H,3,12-16,29H2,1-2H3,(H,30,31,32). The van der Waals surface area contributed by atoms with E-state index in [1.54, 1.807) is 0 Å². The Hall–Kier alpha value is -3.41. The number of nitrogens with one attached hydrogen (secondary N) is 1. The first-order valence-corrected chi connectivity index (χ1v) is 11.5. The average molecular weight is 446 g/mol. The quantitative estimate of drug-likeness (QED) is 0.429. The Morgan fingerprint density at radius 1 is 1.06 bits per heavy atom. The highest BCUT2D eigenvalue weighted by atomic mass is 19.1.